The molecule has 0 aliphatic carbocycles. The highest BCUT2D eigenvalue weighted by Gasteiger charge is 2.46. The summed E-state index contributed by atoms with van der Waals surface area (Å²) in [5.41, 5.74) is 0. The molecule has 0 aromatic rings. The van der Waals surface area contributed by atoms with Crippen molar-refractivity contribution in [3.8, 4) is 0 Å². The Morgan fingerprint density at radius 2 is 0.989 bits per heavy atom. The average molecular weight is 1310 g/mol. The largest absolute Gasteiger partial charge is 0.467 e. The molecule has 0 rings (SSSR count). The van der Waals surface area contributed by atoms with Crippen molar-refractivity contribution in [1.82, 2.24) is 45.3 Å². The molecule has 0 aliphatic heterocycles. The Kier molecular flexibility index (Phi) is 39.1. The first kappa shape index (κ1) is 86.2. The number of likely N-dealkylation sites (N-methyl/N-ethyl adjacent to an activating group) is 7. The third-order valence-corrected chi connectivity index (χ3v) is 17.5. The van der Waals surface area contributed by atoms with Crippen LogP contribution in [-0.4, -0.2) is 241 Å². The average Bonchev–Trinajstić information content (AvgIpc) is 0.864. The molecule has 8 amide bonds. The number of rotatable bonds is 43. The van der Waals surface area contributed by atoms with Crippen molar-refractivity contribution >= 4 is 64.8 Å². The number of allylic oxidation sites excluding steroid dienone is 2. The number of nitrogens with one attached hydrogen (secondary N) is 3. The van der Waals surface area contributed by atoms with E-state index in [0.29, 0.717) is 19.3 Å². The Morgan fingerprint density at radius 1 is 0.522 bits per heavy atom. The number of aliphatic hydroxyl groups excluding tert-OH is 2. The Hall–Kier alpha value is -5.85. The third-order valence-electron chi connectivity index (χ3n) is 17.5. The Bertz CT molecular complexity index is 2420. The summed E-state index contributed by atoms with van der Waals surface area (Å²) in [4.78, 5) is 165. The van der Waals surface area contributed by atoms with Crippen LogP contribution in [0.1, 0.15) is 175 Å². The molecule has 530 valence electrons. The van der Waals surface area contributed by atoms with Crippen molar-refractivity contribution in [2.45, 2.75) is 242 Å². The first-order valence-electron chi connectivity index (χ1n) is 33.2. The van der Waals surface area contributed by atoms with Crippen molar-refractivity contribution in [3.05, 3.63) is 12.2 Å². The fraction of sp³-hybridized carbons (Fsp3) is 0.809. The molecule has 0 saturated heterocycles. The van der Waals surface area contributed by atoms with Gasteiger partial charge in [-0.1, -0.05) is 102 Å². The first-order valence-corrected chi connectivity index (χ1v) is 33.2. The Morgan fingerprint density at radius 3 is 1.45 bits per heavy atom. The maximum absolute atomic E-state index is 15.0. The van der Waals surface area contributed by atoms with Crippen LogP contribution < -0.4 is 16.0 Å². The molecule has 92 heavy (non-hydrogen) atoms. The van der Waals surface area contributed by atoms with Crippen LogP contribution in [0.15, 0.2) is 12.2 Å². The zero-order chi connectivity index (χ0) is 71.5. The molecule has 0 radical (unpaired) electrons. The van der Waals surface area contributed by atoms with Gasteiger partial charge >= 0.3 is 5.97 Å². The molecule has 0 aromatic carbocycles. The monoisotopic (exact) mass is 1310 g/mol. The molecule has 0 aliphatic rings. The minimum Gasteiger partial charge on any atom is -0.467 e. The minimum atomic E-state index is -1.50. The third kappa shape index (κ3) is 25.8. The van der Waals surface area contributed by atoms with Gasteiger partial charge in [-0.3, -0.25) is 47.9 Å². The number of nitrogens with zero attached hydrogens (tertiary/aromatic N) is 6. The molecule has 0 saturated carbocycles. The highest BCUT2D eigenvalue weighted by atomic mass is 16.5. The summed E-state index contributed by atoms with van der Waals surface area (Å²) >= 11 is 0. The second-order valence-corrected chi connectivity index (χ2v) is 27.3. The lowest BCUT2D eigenvalue weighted by molar-refractivity contribution is -0.157. The van der Waals surface area contributed by atoms with Crippen molar-refractivity contribution < 1.29 is 72.4 Å². The zero-order valence-corrected chi connectivity index (χ0v) is 60.8. The van der Waals surface area contributed by atoms with Gasteiger partial charge in [0.1, 0.15) is 42.3 Å². The van der Waals surface area contributed by atoms with E-state index in [1.807, 2.05) is 54.5 Å². The maximum atomic E-state index is 15.0. The molecule has 24 heteroatoms. The van der Waals surface area contributed by atoms with E-state index >= 15 is 9.59 Å². The van der Waals surface area contributed by atoms with Crippen LogP contribution in [0.4, 0.5) is 0 Å². The summed E-state index contributed by atoms with van der Waals surface area (Å²) in [6.07, 6.45) is 2.98. The number of unbranched alkanes of at least 4 members (excludes halogenated alkanes) is 1. The lowest BCUT2D eigenvalue weighted by Crippen LogP contribution is -2.63. The second kappa shape index (κ2) is 41.8. The molecule has 0 unspecified atom stereocenters. The van der Waals surface area contributed by atoms with Crippen molar-refractivity contribution in [2.75, 3.05) is 69.7 Å². The molecule has 14 atom stereocenters. The summed E-state index contributed by atoms with van der Waals surface area (Å²) < 4.78 is 10.9. The molecular formula is C68H123N9O15. The summed E-state index contributed by atoms with van der Waals surface area (Å²) in [6, 6.07) is -9.95. The van der Waals surface area contributed by atoms with Crippen LogP contribution >= 0.6 is 0 Å². The maximum Gasteiger partial charge on any atom is 0.328 e. The number of aliphatic hydroxyl groups is 2. The number of hydrogen-bond acceptors (Lipinski definition) is 16. The van der Waals surface area contributed by atoms with Gasteiger partial charge in [-0.2, -0.15) is 0 Å². The normalized spacial score (nSPS) is 16.4. The fourth-order valence-corrected chi connectivity index (χ4v) is 11.5. The predicted octanol–water partition coefficient (Wildman–Crippen LogP) is 4.89. The van der Waals surface area contributed by atoms with E-state index in [-0.39, 0.29) is 81.3 Å². The second-order valence-electron chi connectivity index (χ2n) is 27.3. The van der Waals surface area contributed by atoms with Gasteiger partial charge in [-0.05, 0) is 115 Å². The van der Waals surface area contributed by atoms with Crippen LogP contribution in [-0.2, 0) is 62.2 Å². The molecular weight excluding hydrogens is 1180 g/mol. The van der Waals surface area contributed by atoms with Gasteiger partial charge in [0.15, 0.2) is 11.6 Å². The Labute approximate surface area is 551 Å². The van der Waals surface area contributed by atoms with Crippen LogP contribution in [0.25, 0.3) is 0 Å². The van der Waals surface area contributed by atoms with Gasteiger partial charge < -0.3 is 65.0 Å². The van der Waals surface area contributed by atoms with Gasteiger partial charge in [-0.15, -0.1) is 0 Å². The van der Waals surface area contributed by atoms with Gasteiger partial charge in [0.2, 0.25) is 47.3 Å². The van der Waals surface area contributed by atoms with E-state index in [2.05, 4.69) is 16.0 Å². The number of Topliss-reactive ketones (excluding diaryl/α,β-unsaturated/α-hetero) is 2. The van der Waals surface area contributed by atoms with Crippen molar-refractivity contribution in [1.29, 1.82) is 0 Å². The van der Waals surface area contributed by atoms with E-state index < -0.39 is 149 Å². The number of ketones is 2. The summed E-state index contributed by atoms with van der Waals surface area (Å²) in [7, 11) is 11.6. The summed E-state index contributed by atoms with van der Waals surface area (Å²) in [5, 5.41) is 29.3. The van der Waals surface area contributed by atoms with E-state index in [1.165, 1.54) is 87.7 Å². The minimum absolute atomic E-state index is 0.0262. The molecule has 0 fully saturated rings. The van der Waals surface area contributed by atoms with Gasteiger partial charge in [0.25, 0.3) is 0 Å². The molecule has 24 nitrogen and oxygen atoms in total. The van der Waals surface area contributed by atoms with E-state index in [1.54, 1.807) is 68.5 Å². The molecule has 0 bridgehead atoms. The standard InChI is InChI=1S/C68H123N9O15/c1-26-28-31-44(13)59(81)58(61(83)71-50(27-2)68(90)91-25)77(24)67(89)56(43(11)12)75(22)66(88)53(36-41(7)8)74(21)65(87)52(35-40(5)6)73(20)63(85)47(16)70-60(82)45(14)37-54(79)51(34-39(3)4)72(19)64(86)49(42(9)10)38-55(80)57(48(17)92-33-30-29-32-78)76(23)62(84)46(15)69-18/h26,28,39-53,56-59,69,78,81H,27,29-38H2,1-25H3,(H,70,82)(H,71,83)/b28-26+/t44-,45-,46-,47-,48+,49+,50+,51+,52+,53+,56+,57+,58+,59-/m1/s1. The number of methoxy groups -OCH3 is 1. The quantitative estimate of drug-likeness (QED) is 0.0308. The van der Waals surface area contributed by atoms with Gasteiger partial charge in [-0.25, -0.2) is 4.79 Å². The molecule has 0 spiro atoms. The zero-order valence-electron chi connectivity index (χ0n) is 60.8. The van der Waals surface area contributed by atoms with Crippen LogP contribution in [0.2, 0.25) is 0 Å². The SMILES string of the molecule is C/C=C/C[C@@H](C)[C@@H](O)[C@@H](C(=O)N[C@@H](CC)C(=O)OC)N(C)C(=O)[C@H](C(C)C)N(C)C(=O)[C@H](CC(C)C)N(C)C(=O)[C@H](CC(C)C)N(C)C(=O)[C@@H](C)NC(=O)[C@H](C)CC(=O)[C@H](CC(C)C)N(C)C(=O)[C@@H](CC(=O)[C@H]([C@H](C)OCCCCO)N(C)C(=O)[C@@H](C)NC)C(C)C. The van der Waals surface area contributed by atoms with Crippen molar-refractivity contribution in [3.63, 3.8) is 0 Å². The topological polar surface area (TPSA) is 302 Å². The van der Waals surface area contributed by atoms with Crippen molar-refractivity contribution in [2.24, 2.45) is 47.3 Å². The number of ether oxygens (including phenoxy) is 2. The molecule has 0 aromatic heterocycles. The summed E-state index contributed by atoms with van der Waals surface area (Å²) in [5.74, 6) is -9.98. The van der Waals surface area contributed by atoms with Crippen LogP contribution in [0.3, 0.4) is 0 Å². The number of carbonyl (C=O) groups excluding carboxylic acids is 11. The summed E-state index contributed by atoms with van der Waals surface area (Å²) in [6.45, 7) is 30.2. The van der Waals surface area contributed by atoms with E-state index in [9.17, 15) is 53.4 Å². The highest BCUT2D eigenvalue weighted by Crippen LogP contribution is 2.28. The fourth-order valence-electron chi connectivity index (χ4n) is 11.5. The van der Waals surface area contributed by atoms with E-state index in [4.69, 9.17) is 9.47 Å². The number of amides is 8. The van der Waals surface area contributed by atoms with Gasteiger partial charge in [0.05, 0.1) is 31.4 Å². The number of hydrogen-bond donors (Lipinski definition) is 5. The van der Waals surface area contributed by atoms with Gasteiger partial charge in [0, 0.05) is 80.2 Å². The highest BCUT2D eigenvalue weighted by molar-refractivity contribution is 5.99. The molecule has 5 N–H and O–H groups in total. The lowest BCUT2D eigenvalue weighted by atomic mass is 9.85. The lowest BCUT2D eigenvalue weighted by Gasteiger charge is -2.41. The van der Waals surface area contributed by atoms with E-state index in [0.717, 1.165) is 4.90 Å². The first-order chi connectivity index (χ1) is 42.7. The predicted molar refractivity (Wildman–Crippen MR) is 356 cm³/mol. The van der Waals surface area contributed by atoms with Crippen LogP contribution in [0.5, 0.6) is 0 Å². The Balaban J connectivity index is 6.96. The number of esters is 1. The molecule has 0 heterocycles. The number of carbonyl (C=O) groups is 11. The van der Waals surface area contributed by atoms with Crippen LogP contribution in [0, 0.1) is 47.3 Å². The smallest absolute Gasteiger partial charge is 0.328 e.